The van der Waals surface area contributed by atoms with Crippen molar-refractivity contribution in [2.24, 2.45) is 5.92 Å². The average molecular weight is 272 g/mol. The van der Waals surface area contributed by atoms with Crippen molar-refractivity contribution < 1.29 is 4.21 Å². The molecule has 2 N–H and O–H groups in total. The van der Waals surface area contributed by atoms with Gasteiger partial charge in [0.05, 0.1) is 0 Å². The van der Waals surface area contributed by atoms with Crippen LogP contribution in [0.2, 0.25) is 0 Å². The van der Waals surface area contributed by atoms with E-state index in [0.717, 1.165) is 17.7 Å². The maximum absolute atomic E-state index is 11.3. The molecule has 1 heterocycles. The normalized spacial score (nSPS) is 36.4. The summed E-state index contributed by atoms with van der Waals surface area (Å²) in [5, 5.41) is 7.41. The highest BCUT2D eigenvalue weighted by molar-refractivity contribution is 7.84. The molecule has 3 nitrogen and oxygen atoms in total. The average Bonchev–Trinajstić information content (AvgIpc) is 2.81. The Labute approximate surface area is 114 Å². The summed E-state index contributed by atoms with van der Waals surface area (Å²) in [4.78, 5) is 0. The van der Waals surface area contributed by atoms with Gasteiger partial charge in [0, 0.05) is 40.9 Å². The second kappa shape index (κ2) is 7.01. The van der Waals surface area contributed by atoms with E-state index >= 15 is 0 Å². The van der Waals surface area contributed by atoms with Gasteiger partial charge < -0.3 is 10.6 Å². The summed E-state index contributed by atoms with van der Waals surface area (Å²) in [6.07, 6.45) is 9.87. The second-order valence-corrected chi connectivity index (χ2v) is 7.54. The molecule has 5 atom stereocenters. The lowest BCUT2D eigenvalue weighted by atomic mass is 9.79. The quantitative estimate of drug-likeness (QED) is 0.800. The highest BCUT2D eigenvalue weighted by atomic mass is 32.2. The molecule has 0 aromatic rings. The molecule has 18 heavy (non-hydrogen) atoms. The van der Waals surface area contributed by atoms with E-state index in [4.69, 9.17) is 0 Å². The molecule has 4 heteroatoms. The minimum Gasteiger partial charge on any atom is -0.314 e. The molecular formula is C14H28N2OS. The Morgan fingerprint density at radius 3 is 2.72 bits per heavy atom. The van der Waals surface area contributed by atoms with E-state index in [-0.39, 0.29) is 0 Å². The zero-order valence-electron chi connectivity index (χ0n) is 11.8. The lowest BCUT2D eigenvalue weighted by molar-refractivity contribution is 0.206. The van der Waals surface area contributed by atoms with Crippen molar-refractivity contribution in [2.75, 3.05) is 18.6 Å². The molecule has 1 aliphatic carbocycles. The van der Waals surface area contributed by atoms with Crippen LogP contribution in [0, 0.1) is 5.92 Å². The molecule has 0 amide bonds. The predicted octanol–water partition coefficient (Wildman–Crippen LogP) is 1.65. The van der Waals surface area contributed by atoms with Crippen LogP contribution < -0.4 is 10.6 Å². The van der Waals surface area contributed by atoms with Gasteiger partial charge in [0.1, 0.15) is 0 Å². The summed E-state index contributed by atoms with van der Waals surface area (Å²) in [6, 6.07) is 1.73. The largest absolute Gasteiger partial charge is 0.314 e. The van der Waals surface area contributed by atoms with Gasteiger partial charge in [-0.15, -0.1) is 0 Å². The molecule has 0 radical (unpaired) electrons. The summed E-state index contributed by atoms with van der Waals surface area (Å²) >= 11 is 0. The van der Waals surface area contributed by atoms with Gasteiger partial charge in [-0.05, 0) is 45.1 Å². The van der Waals surface area contributed by atoms with Gasteiger partial charge in [-0.1, -0.05) is 12.8 Å². The van der Waals surface area contributed by atoms with Gasteiger partial charge in [-0.25, -0.2) is 0 Å². The minimum atomic E-state index is -0.691. The van der Waals surface area contributed by atoms with Gasteiger partial charge in [-0.3, -0.25) is 4.21 Å². The summed E-state index contributed by atoms with van der Waals surface area (Å²) in [7, 11) is -0.691. The van der Waals surface area contributed by atoms with E-state index in [2.05, 4.69) is 17.6 Å². The monoisotopic (exact) mass is 272 g/mol. The van der Waals surface area contributed by atoms with Crippen molar-refractivity contribution in [1.82, 2.24) is 10.6 Å². The standard InChI is InChI=1S/C14H28N2OS/c1-11(10-18(2)17)16-14-7-4-3-6-12(14)13-8-5-9-15-13/h11-16H,3-10H2,1-2H3. The third-order valence-corrected chi connectivity index (χ3v) is 5.39. The van der Waals surface area contributed by atoms with Crippen LogP contribution in [-0.4, -0.2) is 40.9 Å². The van der Waals surface area contributed by atoms with E-state index < -0.39 is 10.8 Å². The Hall–Kier alpha value is 0.0700. The van der Waals surface area contributed by atoms with Crippen LogP contribution in [0.3, 0.4) is 0 Å². The molecule has 5 unspecified atom stereocenters. The SMILES string of the molecule is CC(CS(C)=O)NC1CCCCC1C1CCCN1. The lowest BCUT2D eigenvalue weighted by Crippen LogP contribution is -2.50. The van der Waals surface area contributed by atoms with Gasteiger partial charge in [0.15, 0.2) is 0 Å². The van der Waals surface area contributed by atoms with E-state index in [1.165, 1.54) is 45.1 Å². The van der Waals surface area contributed by atoms with Gasteiger partial charge in [-0.2, -0.15) is 0 Å². The molecule has 0 spiro atoms. The Kier molecular flexibility index (Phi) is 5.64. The van der Waals surface area contributed by atoms with Gasteiger partial charge in [0.2, 0.25) is 0 Å². The first kappa shape index (κ1) is 14.5. The molecule has 0 aromatic heterocycles. The zero-order chi connectivity index (χ0) is 13.0. The fraction of sp³-hybridized carbons (Fsp3) is 1.00. The summed E-state index contributed by atoms with van der Waals surface area (Å²) < 4.78 is 11.3. The van der Waals surface area contributed by atoms with E-state index in [9.17, 15) is 4.21 Å². The number of hydrogen-bond acceptors (Lipinski definition) is 3. The van der Waals surface area contributed by atoms with Crippen molar-refractivity contribution >= 4 is 10.8 Å². The number of nitrogens with one attached hydrogen (secondary N) is 2. The molecule has 1 saturated carbocycles. The van der Waals surface area contributed by atoms with Crippen LogP contribution in [0.1, 0.15) is 45.4 Å². The van der Waals surface area contributed by atoms with Crippen LogP contribution in [0.4, 0.5) is 0 Å². The molecular weight excluding hydrogens is 244 g/mol. The Morgan fingerprint density at radius 1 is 1.28 bits per heavy atom. The Bertz CT molecular complexity index is 279. The maximum atomic E-state index is 11.3. The van der Waals surface area contributed by atoms with Gasteiger partial charge >= 0.3 is 0 Å². The van der Waals surface area contributed by atoms with Crippen LogP contribution in [0.15, 0.2) is 0 Å². The smallest absolute Gasteiger partial charge is 0.0383 e. The Morgan fingerprint density at radius 2 is 2.06 bits per heavy atom. The highest BCUT2D eigenvalue weighted by Gasteiger charge is 2.33. The summed E-state index contributed by atoms with van der Waals surface area (Å²) in [5.74, 6) is 1.57. The molecule has 2 rings (SSSR count). The molecule has 1 saturated heterocycles. The van der Waals surface area contributed by atoms with Gasteiger partial charge in [0.25, 0.3) is 0 Å². The Balaban J connectivity index is 1.88. The predicted molar refractivity (Wildman–Crippen MR) is 78.3 cm³/mol. The van der Waals surface area contributed by atoms with Crippen LogP contribution in [0.25, 0.3) is 0 Å². The minimum absolute atomic E-state index is 0.378. The summed E-state index contributed by atoms with van der Waals surface area (Å²) in [6.45, 7) is 3.37. The van der Waals surface area contributed by atoms with Crippen LogP contribution in [0.5, 0.6) is 0 Å². The van der Waals surface area contributed by atoms with Crippen molar-refractivity contribution in [2.45, 2.75) is 63.6 Å². The van der Waals surface area contributed by atoms with E-state index in [1.807, 2.05) is 0 Å². The van der Waals surface area contributed by atoms with Crippen molar-refractivity contribution in [3.05, 3.63) is 0 Å². The fourth-order valence-corrected chi connectivity index (χ4v) is 4.49. The molecule has 0 bridgehead atoms. The highest BCUT2D eigenvalue weighted by Crippen LogP contribution is 2.30. The molecule has 106 valence electrons. The third-order valence-electron chi connectivity index (χ3n) is 4.42. The van der Waals surface area contributed by atoms with E-state index in [0.29, 0.717) is 12.1 Å². The van der Waals surface area contributed by atoms with Crippen molar-refractivity contribution in [3.8, 4) is 0 Å². The third kappa shape index (κ3) is 4.04. The number of rotatable bonds is 5. The zero-order valence-corrected chi connectivity index (χ0v) is 12.6. The topological polar surface area (TPSA) is 41.1 Å². The fourth-order valence-electron chi connectivity index (χ4n) is 3.69. The molecule has 1 aliphatic heterocycles. The van der Waals surface area contributed by atoms with Crippen LogP contribution in [-0.2, 0) is 10.8 Å². The molecule has 2 aliphatic rings. The number of hydrogen-bond donors (Lipinski definition) is 2. The lowest BCUT2D eigenvalue weighted by Gasteiger charge is -2.38. The molecule has 2 fully saturated rings. The summed E-state index contributed by atoms with van der Waals surface area (Å²) in [5.41, 5.74) is 0. The van der Waals surface area contributed by atoms with Crippen LogP contribution >= 0.6 is 0 Å². The maximum Gasteiger partial charge on any atom is 0.0383 e. The second-order valence-electron chi connectivity index (χ2n) is 6.07. The van der Waals surface area contributed by atoms with Crippen molar-refractivity contribution in [3.63, 3.8) is 0 Å². The molecule has 0 aromatic carbocycles. The van der Waals surface area contributed by atoms with E-state index in [1.54, 1.807) is 6.26 Å². The first-order chi connectivity index (χ1) is 8.66. The first-order valence-corrected chi connectivity index (χ1v) is 9.19. The first-order valence-electron chi connectivity index (χ1n) is 7.46. The van der Waals surface area contributed by atoms with Crippen molar-refractivity contribution in [1.29, 1.82) is 0 Å².